The van der Waals surface area contributed by atoms with Crippen LogP contribution in [0.25, 0.3) is 6.08 Å². The molecule has 0 aliphatic carbocycles. The van der Waals surface area contributed by atoms with Crippen molar-refractivity contribution in [2.75, 3.05) is 0 Å². The van der Waals surface area contributed by atoms with E-state index in [1.165, 1.54) is 4.90 Å². The molecule has 0 unspecified atom stereocenters. The van der Waals surface area contributed by atoms with Gasteiger partial charge in [0.05, 0.1) is 25.1 Å². The number of nitrogens with zero attached hydrogens (tertiary/aromatic N) is 1. The van der Waals surface area contributed by atoms with Crippen molar-refractivity contribution in [1.82, 2.24) is 4.90 Å². The normalized spacial score (nSPS) is 14.9. The molecule has 3 aromatic carbocycles. The monoisotopic (exact) mass is 721 g/mol. The predicted molar refractivity (Wildman–Crippen MR) is 151 cm³/mol. The lowest BCUT2D eigenvalue weighted by molar-refractivity contribution is -0.123. The van der Waals surface area contributed by atoms with E-state index in [4.69, 9.17) is 27.9 Å². The number of rotatable bonds is 6. The van der Waals surface area contributed by atoms with Crippen molar-refractivity contribution in [3.63, 3.8) is 0 Å². The van der Waals surface area contributed by atoms with Crippen LogP contribution in [0.15, 0.2) is 65.6 Å². The highest BCUT2D eigenvalue weighted by atomic mass is 127. The average Bonchev–Trinajstić information content (AvgIpc) is 3.03. The molecule has 1 fully saturated rings. The summed E-state index contributed by atoms with van der Waals surface area (Å²) in [5.41, 5.74) is 2.52. The molecular formula is C24H15Cl2I2NO3S. The van der Waals surface area contributed by atoms with Crippen LogP contribution in [0.4, 0.5) is 4.79 Å². The fourth-order valence-electron chi connectivity index (χ4n) is 3.17. The van der Waals surface area contributed by atoms with Gasteiger partial charge < -0.3 is 4.74 Å². The van der Waals surface area contributed by atoms with E-state index in [-0.39, 0.29) is 17.7 Å². The second kappa shape index (κ2) is 11.0. The van der Waals surface area contributed by atoms with Crippen LogP contribution in [0, 0.1) is 7.14 Å². The molecule has 9 heteroatoms. The minimum atomic E-state index is -0.348. The maximum atomic E-state index is 13.0. The molecule has 0 atom stereocenters. The zero-order chi connectivity index (χ0) is 23.5. The quantitative estimate of drug-likeness (QED) is 0.191. The van der Waals surface area contributed by atoms with Crippen LogP contribution in [0.1, 0.15) is 16.7 Å². The van der Waals surface area contributed by atoms with E-state index in [9.17, 15) is 9.59 Å². The summed E-state index contributed by atoms with van der Waals surface area (Å²) >= 11 is 17.4. The summed E-state index contributed by atoms with van der Waals surface area (Å²) in [6, 6.07) is 18.9. The number of hydrogen-bond acceptors (Lipinski definition) is 4. The Morgan fingerprint density at radius 1 is 0.939 bits per heavy atom. The molecule has 4 rings (SSSR count). The van der Waals surface area contributed by atoms with Crippen LogP contribution in [0.2, 0.25) is 10.0 Å². The highest BCUT2D eigenvalue weighted by Crippen LogP contribution is 2.37. The Bertz CT molecular complexity index is 1270. The van der Waals surface area contributed by atoms with Crippen LogP contribution in [-0.4, -0.2) is 16.0 Å². The third-order valence-corrected chi connectivity index (χ3v) is 7.82. The summed E-state index contributed by atoms with van der Waals surface area (Å²) < 4.78 is 8.06. The van der Waals surface area contributed by atoms with E-state index in [1.54, 1.807) is 24.3 Å². The molecule has 33 heavy (non-hydrogen) atoms. The molecular weight excluding hydrogens is 707 g/mol. The van der Waals surface area contributed by atoms with Gasteiger partial charge in [-0.1, -0.05) is 59.6 Å². The smallest absolute Gasteiger partial charge is 0.293 e. The minimum Gasteiger partial charge on any atom is -0.487 e. The first-order chi connectivity index (χ1) is 15.8. The van der Waals surface area contributed by atoms with Gasteiger partial charge in [0.1, 0.15) is 12.4 Å². The van der Waals surface area contributed by atoms with Crippen LogP contribution >= 0.6 is 80.1 Å². The maximum Gasteiger partial charge on any atom is 0.293 e. The molecule has 0 radical (unpaired) electrons. The van der Waals surface area contributed by atoms with Crippen molar-refractivity contribution in [3.05, 3.63) is 99.4 Å². The Labute approximate surface area is 232 Å². The molecule has 0 N–H and O–H groups in total. The van der Waals surface area contributed by atoms with E-state index >= 15 is 0 Å². The van der Waals surface area contributed by atoms with E-state index in [2.05, 4.69) is 45.2 Å². The topological polar surface area (TPSA) is 46.6 Å². The summed E-state index contributed by atoms with van der Waals surface area (Å²) in [4.78, 5) is 27.2. The summed E-state index contributed by atoms with van der Waals surface area (Å²) in [5, 5.41) is 0.473. The van der Waals surface area contributed by atoms with Crippen LogP contribution < -0.4 is 4.74 Å². The van der Waals surface area contributed by atoms with Crippen molar-refractivity contribution < 1.29 is 14.3 Å². The largest absolute Gasteiger partial charge is 0.487 e. The number of carbonyl (C=O) groups excluding carboxylic acids is 2. The fourth-order valence-corrected chi connectivity index (χ4v) is 6.36. The molecule has 1 saturated heterocycles. The molecule has 168 valence electrons. The Morgan fingerprint density at radius 2 is 1.70 bits per heavy atom. The van der Waals surface area contributed by atoms with Gasteiger partial charge in [-0.2, -0.15) is 0 Å². The first-order valence-corrected chi connectivity index (χ1v) is 13.4. The van der Waals surface area contributed by atoms with Gasteiger partial charge in [-0.3, -0.25) is 14.5 Å². The van der Waals surface area contributed by atoms with Gasteiger partial charge in [0, 0.05) is 9.13 Å². The molecule has 1 heterocycles. The summed E-state index contributed by atoms with van der Waals surface area (Å²) in [7, 11) is 0. The van der Waals surface area contributed by atoms with Crippen LogP contribution in [0.3, 0.4) is 0 Å². The van der Waals surface area contributed by atoms with Crippen molar-refractivity contribution in [1.29, 1.82) is 0 Å². The van der Waals surface area contributed by atoms with Crippen LogP contribution in [0.5, 0.6) is 5.75 Å². The number of halogens is 4. The standard InChI is InChI=1S/C24H15Cl2I2NO3S/c25-18-7-6-15(8-19(18)26)12-29-23(30)21(33-24(29)31)10-16-9-17(27)11-20(28)22(16)32-13-14-4-2-1-3-5-14/h1-11H,12-13H2/b21-10+. The third kappa shape index (κ3) is 6.05. The van der Waals surface area contributed by atoms with Gasteiger partial charge in [-0.05, 0) is 98.4 Å². The minimum absolute atomic E-state index is 0.125. The summed E-state index contributed by atoms with van der Waals surface area (Å²) in [6.45, 7) is 0.525. The SMILES string of the molecule is O=C1S/C(=C/c2cc(I)cc(I)c2OCc2ccccc2)C(=O)N1Cc1ccc(Cl)c(Cl)c1. The number of ether oxygens (including phenoxy) is 1. The van der Waals surface area contributed by atoms with E-state index in [0.29, 0.717) is 27.3 Å². The molecule has 4 nitrogen and oxygen atoms in total. The molecule has 0 spiro atoms. The molecule has 1 aliphatic rings. The second-order valence-electron chi connectivity index (χ2n) is 7.10. The molecule has 3 aromatic rings. The number of benzene rings is 3. The number of carbonyl (C=O) groups is 2. The van der Waals surface area contributed by atoms with E-state index in [1.807, 2.05) is 42.5 Å². The fraction of sp³-hybridized carbons (Fsp3) is 0.0833. The van der Waals surface area contributed by atoms with Crippen molar-refractivity contribution in [2.24, 2.45) is 0 Å². The maximum absolute atomic E-state index is 13.0. The molecule has 0 saturated carbocycles. The first-order valence-electron chi connectivity index (χ1n) is 9.67. The van der Waals surface area contributed by atoms with E-state index < -0.39 is 0 Å². The Kier molecular flexibility index (Phi) is 8.27. The van der Waals surface area contributed by atoms with E-state index in [0.717, 1.165) is 35.6 Å². The van der Waals surface area contributed by atoms with Gasteiger partial charge in [0.25, 0.3) is 11.1 Å². The van der Waals surface area contributed by atoms with Gasteiger partial charge in [0.15, 0.2) is 0 Å². The van der Waals surface area contributed by atoms with Gasteiger partial charge in [-0.15, -0.1) is 0 Å². The Hall–Kier alpha value is -1.27. The zero-order valence-corrected chi connectivity index (χ0v) is 23.5. The lowest BCUT2D eigenvalue weighted by Gasteiger charge is -2.14. The predicted octanol–water partition coefficient (Wildman–Crippen LogP) is 8.02. The zero-order valence-electron chi connectivity index (χ0n) is 16.9. The van der Waals surface area contributed by atoms with Gasteiger partial charge in [-0.25, -0.2) is 0 Å². The van der Waals surface area contributed by atoms with Crippen molar-refractivity contribution >= 4 is 97.4 Å². The highest BCUT2D eigenvalue weighted by molar-refractivity contribution is 14.1. The number of imide groups is 1. The second-order valence-corrected chi connectivity index (χ2v) is 11.3. The number of amides is 2. The summed E-state index contributed by atoms with van der Waals surface area (Å²) in [5.74, 6) is 0.329. The molecule has 1 aliphatic heterocycles. The summed E-state index contributed by atoms with van der Waals surface area (Å²) in [6.07, 6.45) is 1.73. The van der Waals surface area contributed by atoms with Crippen molar-refractivity contribution in [3.8, 4) is 5.75 Å². The third-order valence-electron chi connectivity index (χ3n) is 4.75. The highest BCUT2D eigenvalue weighted by Gasteiger charge is 2.35. The first kappa shape index (κ1) is 24.8. The number of thioether (sulfide) groups is 1. The Morgan fingerprint density at radius 3 is 2.42 bits per heavy atom. The van der Waals surface area contributed by atoms with Gasteiger partial charge in [0.2, 0.25) is 0 Å². The average molecular weight is 722 g/mol. The lowest BCUT2D eigenvalue weighted by atomic mass is 10.1. The number of hydrogen-bond donors (Lipinski definition) is 0. The molecule has 0 aromatic heterocycles. The lowest BCUT2D eigenvalue weighted by Crippen LogP contribution is -2.27. The molecule has 2 amide bonds. The van der Waals surface area contributed by atoms with Crippen LogP contribution in [-0.2, 0) is 17.9 Å². The molecule has 0 bridgehead atoms. The Balaban J connectivity index is 1.59. The van der Waals surface area contributed by atoms with Gasteiger partial charge >= 0.3 is 0 Å². The van der Waals surface area contributed by atoms with Crippen molar-refractivity contribution in [2.45, 2.75) is 13.2 Å².